The summed E-state index contributed by atoms with van der Waals surface area (Å²) in [5.74, 6) is -3.02. The van der Waals surface area contributed by atoms with E-state index in [0.29, 0.717) is 16.7 Å². The minimum absolute atomic E-state index is 0.0687. The number of carbonyl (C=O) groups is 3. The normalized spacial score (nSPS) is 11.9. The Morgan fingerprint density at radius 2 is 0.540 bits per heavy atom. The van der Waals surface area contributed by atoms with E-state index in [9.17, 15) is 30.0 Å². The predicted octanol–water partition coefficient (Wildman–Crippen LogP) is 14.7. The Morgan fingerprint density at radius 1 is 0.310 bits per heavy atom. The van der Waals surface area contributed by atoms with Crippen molar-refractivity contribution in [3.05, 3.63) is 270 Å². The van der Waals surface area contributed by atoms with E-state index in [1.807, 2.05) is 91.0 Å². The Kier molecular flexibility index (Phi) is 20.0. The summed E-state index contributed by atoms with van der Waals surface area (Å²) < 4.78 is 17.1. The van der Waals surface area contributed by atoms with Gasteiger partial charge in [0, 0.05) is 64.7 Å². The van der Waals surface area contributed by atoms with Gasteiger partial charge in [-0.25, -0.2) is 15.0 Å². The van der Waals surface area contributed by atoms with Gasteiger partial charge in [0.05, 0.1) is 0 Å². The zero-order valence-electron chi connectivity index (χ0n) is 45.3. The number of hydrogen-bond acceptors (Lipinski definition) is 21. The molecule has 0 saturated carbocycles. The third-order valence-corrected chi connectivity index (χ3v) is 15.1. The average Bonchev–Trinajstić information content (AvgIpc) is 3.75. The molecule has 3 N–H and O–H groups in total. The lowest BCUT2D eigenvalue weighted by molar-refractivity contribution is 0.103. The van der Waals surface area contributed by atoms with Gasteiger partial charge in [-0.15, -0.1) is 0 Å². The fraction of sp³-hybridized carbons (Fsp3) is 0. The zero-order valence-corrected chi connectivity index (χ0v) is 47.7. The molecule has 0 spiro atoms. The van der Waals surface area contributed by atoms with Gasteiger partial charge in [0.15, 0.2) is 0 Å². The van der Waals surface area contributed by atoms with Crippen molar-refractivity contribution in [2.75, 3.05) is 0 Å². The topological polar surface area (TPSA) is 252 Å². The highest BCUT2D eigenvalue weighted by atomic mass is 32.2. The molecule has 0 bridgehead atoms. The summed E-state index contributed by atoms with van der Waals surface area (Å²) in [5, 5.41) is 38.7. The molecule has 18 nitrogen and oxygen atoms in total. The van der Waals surface area contributed by atoms with Crippen molar-refractivity contribution < 1.29 is 44.2 Å². The number of carbonyl (C=O) groups excluding carboxylic acids is 3. The van der Waals surface area contributed by atoms with Gasteiger partial charge in [-0.1, -0.05) is 89.9 Å². The molecule has 0 unspecified atom stereocenters. The summed E-state index contributed by atoms with van der Waals surface area (Å²) in [4.78, 5) is 72.4. The SMILES string of the molecule is O=C(/C(=N/O)Oc1ccc(/C=N/c2nc(/N=C/c3ccc(O/C(=N\O)C(=O)c4ccc(Sc5ccccc5)cc4)cc3)nc(/N=C/c3ccc(O/C(=N/O)C(=O)c4ccc(Sc5ccccc5)cc4)cc3)n2)cc1)c1ccc(Sc2ccccc2)cc1. The number of hydrogen-bond donors (Lipinski definition) is 3. The second-order valence-electron chi connectivity index (χ2n) is 18.0. The second kappa shape index (κ2) is 29.4. The fourth-order valence-corrected chi connectivity index (χ4v) is 10.2. The number of aliphatic imine (C=N–C) groups is 3. The van der Waals surface area contributed by atoms with Gasteiger partial charge < -0.3 is 29.8 Å². The van der Waals surface area contributed by atoms with Gasteiger partial charge in [0.1, 0.15) is 17.2 Å². The van der Waals surface area contributed by atoms with Crippen molar-refractivity contribution in [1.29, 1.82) is 0 Å². The standard InChI is InChI=1S/C66H45N9O9S3/c76-58(46-22-34-55(35-23-46)85-52-10-4-1-5-11-52)61(73-79)82-49-28-16-43(17-29-49)40-67-64-70-65(68-41-44-18-30-50(31-19-44)83-62(74-80)59(77)47-24-36-56(37-25-47)86-53-12-6-2-7-13-53)72-66(71-64)69-42-45-20-32-51(33-21-45)84-63(75-81)60(78)48-26-38-57(39-27-48)87-54-14-8-3-9-15-54/h1-42,79-81H/b67-40+,68-41+,69-42+,73-61-,74-62-,75-63+. The van der Waals surface area contributed by atoms with Crippen molar-refractivity contribution >= 4 is 107 Å². The molecule has 10 aromatic rings. The zero-order chi connectivity index (χ0) is 60.2. The highest BCUT2D eigenvalue weighted by Crippen LogP contribution is 2.31. The third-order valence-electron chi connectivity index (χ3n) is 12.0. The molecule has 0 atom stereocenters. The first-order chi connectivity index (χ1) is 42.6. The minimum Gasteiger partial charge on any atom is -0.434 e. The first-order valence-electron chi connectivity index (χ1n) is 26.1. The highest BCUT2D eigenvalue weighted by Gasteiger charge is 2.21. The maximum absolute atomic E-state index is 13.3. The minimum atomic E-state index is -0.623. The molecular formula is C66H45N9O9S3. The highest BCUT2D eigenvalue weighted by molar-refractivity contribution is 7.99. The Labute approximate surface area is 510 Å². The lowest BCUT2D eigenvalue weighted by atomic mass is 10.1. The number of benzene rings is 9. The molecule has 21 heteroatoms. The molecule has 0 aliphatic rings. The Hall–Kier alpha value is -11.1. The number of aromatic nitrogens is 3. The summed E-state index contributed by atoms with van der Waals surface area (Å²) >= 11 is 4.63. The van der Waals surface area contributed by atoms with E-state index in [-0.39, 0.29) is 51.8 Å². The van der Waals surface area contributed by atoms with Crippen molar-refractivity contribution in [1.82, 2.24) is 15.0 Å². The number of rotatable bonds is 21. The van der Waals surface area contributed by atoms with Gasteiger partial charge >= 0.3 is 17.7 Å². The molecule has 87 heavy (non-hydrogen) atoms. The lowest BCUT2D eigenvalue weighted by Gasteiger charge is -2.08. The van der Waals surface area contributed by atoms with E-state index >= 15 is 0 Å². The molecule has 0 radical (unpaired) electrons. The largest absolute Gasteiger partial charge is 0.434 e. The number of ketones is 3. The summed E-state index contributed by atoms with van der Waals surface area (Å²) in [7, 11) is 0. The maximum Gasteiger partial charge on any atom is 0.304 e. The number of ether oxygens (including phenoxy) is 3. The van der Waals surface area contributed by atoms with Gasteiger partial charge in [-0.3, -0.25) is 14.4 Å². The molecule has 1 heterocycles. The quantitative estimate of drug-likeness (QED) is 0.0199. The lowest BCUT2D eigenvalue weighted by Crippen LogP contribution is -2.21. The van der Waals surface area contributed by atoms with Crippen LogP contribution in [0.1, 0.15) is 47.8 Å². The molecule has 1 aromatic heterocycles. The second-order valence-corrected chi connectivity index (χ2v) is 21.5. The van der Waals surface area contributed by atoms with Crippen LogP contribution in [0.2, 0.25) is 0 Å². The van der Waals surface area contributed by atoms with E-state index < -0.39 is 35.0 Å². The molecule has 0 aliphatic carbocycles. The van der Waals surface area contributed by atoms with Crippen molar-refractivity contribution in [3.63, 3.8) is 0 Å². The number of nitrogens with zero attached hydrogens (tertiary/aromatic N) is 9. The first-order valence-corrected chi connectivity index (χ1v) is 28.6. The molecular weight excluding hydrogens is 1160 g/mol. The van der Waals surface area contributed by atoms with E-state index in [1.54, 1.807) is 181 Å². The molecule has 0 aliphatic heterocycles. The van der Waals surface area contributed by atoms with Crippen LogP contribution in [0.5, 0.6) is 17.2 Å². The van der Waals surface area contributed by atoms with E-state index in [2.05, 4.69) is 45.4 Å². The Morgan fingerprint density at radius 3 is 0.770 bits per heavy atom. The Bertz CT molecular complexity index is 3750. The van der Waals surface area contributed by atoms with Crippen molar-refractivity contribution in [3.8, 4) is 17.2 Å². The van der Waals surface area contributed by atoms with Crippen molar-refractivity contribution in [2.24, 2.45) is 30.4 Å². The van der Waals surface area contributed by atoms with E-state index in [0.717, 1.165) is 29.4 Å². The predicted molar refractivity (Wildman–Crippen MR) is 334 cm³/mol. The van der Waals surface area contributed by atoms with E-state index in [1.165, 1.54) is 18.6 Å². The van der Waals surface area contributed by atoms with E-state index in [4.69, 9.17) is 14.2 Å². The smallest absolute Gasteiger partial charge is 0.304 e. The third kappa shape index (κ3) is 16.8. The van der Waals surface area contributed by atoms with Crippen LogP contribution in [0.3, 0.4) is 0 Å². The molecule has 0 amide bonds. The van der Waals surface area contributed by atoms with Gasteiger partial charge in [-0.05, 0) is 214 Å². The van der Waals surface area contributed by atoms with Gasteiger partial charge in [0.25, 0.3) is 35.2 Å². The summed E-state index contributed by atoms with van der Waals surface area (Å²) in [6.45, 7) is 0. The maximum atomic E-state index is 13.3. The molecule has 10 rings (SSSR count). The monoisotopic (exact) mass is 1200 g/mol. The molecule has 426 valence electrons. The summed E-state index contributed by atoms with van der Waals surface area (Å²) in [6.07, 6.45) is 4.42. The summed E-state index contributed by atoms with van der Waals surface area (Å²) in [5.41, 5.74) is 2.51. The van der Waals surface area contributed by atoms with Crippen LogP contribution in [-0.4, -0.2) is 84.3 Å². The van der Waals surface area contributed by atoms with Gasteiger partial charge in [-0.2, -0.15) is 15.0 Å². The molecule has 0 fully saturated rings. The van der Waals surface area contributed by atoms with Crippen LogP contribution in [0.15, 0.2) is 296 Å². The average molecular weight is 1200 g/mol. The van der Waals surface area contributed by atoms with Crippen molar-refractivity contribution in [2.45, 2.75) is 29.4 Å². The Balaban J connectivity index is 0.816. The molecule has 0 saturated heterocycles. The number of Topliss-reactive ketones (excluding diaryl/α,β-unsaturated/α-hetero) is 3. The fourth-order valence-electron chi connectivity index (χ4n) is 7.72. The van der Waals surface area contributed by atoms with Crippen LogP contribution in [-0.2, 0) is 0 Å². The first kappa shape index (κ1) is 59.0. The van der Waals surface area contributed by atoms with Gasteiger partial charge in [0.2, 0.25) is 0 Å². The van der Waals surface area contributed by atoms with Crippen LogP contribution < -0.4 is 14.2 Å². The van der Waals surface area contributed by atoms with Crippen LogP contribution in [0.4, 0.5) is 17.8 Å². The van der Waals surface area contributed by atoms with Crippen LogP contribution >= 0.6 is 35.3 Å². The number of oxime groups is 3. The molecule has 9 aromatic carbocycles. The summed E-state index contributed by atoms with van der Waals surface area (Å²) in [6, 6.07) is 69.3. The van der Waals surface area contributed by atoms with Crippen LogP contribution in [0.25, 0.3) is 0 Å². The van der Waals surface area contributed by atoms with Crippen LogP contribution in [0, 0.1) is 0 Å².